The van der Waals surface area contributed by atoms with Gasteiger partial charge in [-0.25, -0.2) is 10.0 Å². The molecule has 0 aromatic rings. The number of hydrogen-bond donors (Lipinski definition) is 0. The highest BCUT2D eigenvalue weighted by molar-refractivity contribution is 4.60. The Balaban J connectivity index is 4.20. The molecule has 0 fully saturated rings. The van der Waals surface area contributed by atoms with Gasteiger partial charge in [-0.15, -0.1) is 0 Å². The highest BCUT2D eigenvalue weighted by Crippen LogP contribution is 2.10. The van der Waals surface area contributed by atoms with Crippen molar-refractivity contribution in [3.05, 3.63) is 0 Å². The van der Waals surface area contributed by atoms with Crippen LogP contribution in [0.4, 0.5) is 0 Å². The largest absolute Gasteiger partial charge is 0.242 e. The third kappa shape index (κ3) is 12.5. The predicted molar refractivity (Wildman–Crippen MR) is 101 cm³/mol. The minimum absolute atomic E-state index is 1.26. The minimum atomic E-state index is 1.26. The van der Waals surface area contributed by atoms with E-state index < -0.39 is 0 Å². The van der Waals surface area contributed by atoms with Crippen molar-refractivity contribution >= 4 is 0 Å². The molecule has 0 unspecified atom stereocenters. The van der Waals surface area contributed by atoms with E-state index in [-0.39, 0.29) is 0 Å². The molecule has 0 N–H and O–H groups in total. The molecule has 0 spiro atoms. The maximum Gasteiger partial charge on any atom is 0.0133 e. The number of hydrazine groups is 1. The summed E-state index contributed by atoms with van der Waals surface area (Å²) in [5.74, 6) is 0. The molecule has 0 heterocycles. The molecule has 0 rings (SSSR count). The molecule has 2 nitrogen and oxygen atoms in total. The van der Waals surface area contributed by atoms with Gasteiger partial charge in [0.2, 0.25) is 0 Å². The smallest absolute Gasteiger partial charge is 0.0133 e. The Labute approximate surface area is 141 Å². The van der Waals surface area contributed by atoms with Crippen molar-refractivity contribution in [2.45, 2.75) is 105 Å². The SMILES string of the molecule is CCCCCCCCN(CCCC)N(CCCC)CCCC. The number of rotatable bonds is 17. The van der Waals surface area contributed by atoms with Crippen LogP contribution in [0.1, 0.15) is 105 Å². The molecule has 0 aliphatic heterocycles. The Kier molecular flexibility index (Phi) is 17.2. The van der Waals surface area contributed by atoms with E-state index in [1.165, 1.54) is 103 Å². The topological polar surface area (TPSA) is 6.48 Å². The van der Waals surface area contributed by atoms with E-state index in [1.807, 2.05) is 0 Å². The van der Waals surface area contributed by atoms with Crippen molar-refractivity contribution in [1.82, 2.24) is 10.0 Å². The number of unbranched alkanes of at least 4 members (excludes halogenated alkanes) is 8. The Morgan fingerprint density at radius 1 is 0.364 bits per heavy atom. The van der Waals surface area contributed by atoms with Gasteiger partial charge in [0.15, 0.2) is 0 Å². The second-order valence-electron chi connectivity index (χ2n) is 6.74. The molecule has 22 heavy (non-hydrogen) atoms. The van der Waals surface area contributed by atoms with Crippen LogP contribution in [0.25, 0.3) is 0 Å². The summed E-state index contributed by atoms with van der Waals surface area (Å²) < 4.78 is 0. The van der Waals surface area contributed by atoms with Crippen LogP contribution in [0.3, 0.4) is 0 Å². The Morgan fingerprint density at radius 2 is 0.682 bits per heavy atom. The molecule has 0 aromatic carbocycles. The van der Waals surface area contributed by atoms with E-state index in [0.717, 1.165) is 0 Å². The molecular formula is C20H44N2. The van der Waals surface area contributed by atoms with Crippen molar-refractivity contribution in [3.8, 4) is 0 Å². The van der Waals surface area contributed by atoms with Crippen LogP contribution in [0.2, 0.25) is 0 Å². The maximum absolute atomic E-state index is 2.69. The lowest BCUT2D eigenvalue weighted by Gasteiger charge is -2.35. The van der Waals surface area contributed by atoms with E-state index in [4.69, 9.17) is 0 Å². The Hall–Kier alpha value is -0.0800. The van der Waals surface area contributed by atoms with Gasteiger partial charge in [-0.3, -0.25) is 0 Å². The zero-order chi connectivity index (χ0) is 16.5. The first kappa shape index (κ1) is 21.9. The lowest BCUT2D eigenvalue weighted by Crippen LogP contribution is -2.45. The fraction of sp³-hybridized carbons (Fsp3) is 1.00. The zero-order valence-electron chi connectivity index (χ0n) is 16.2. The van der Waals surface area contributed by atoms with Crippen molar-refractivity contribution < 1.29 is 0 Å². The van der Waals surface area contributed by atoms with Crippen LogP contribution < -0.4 is 0 Å². The van der Waals surface area contributed by atoms with Crippen molar-refractivity contribution in [1.29, 1.82) is 0 Å². The third-order valence-corrected chi connectivity index (χ3v) is 4.48. The average molecular weight is 313 g/mol. The summed E-state index contributed by atoms with van der Waals surface area (Å²) in [4.78, 5) is 0. The van der Waals surface area contributed by atoms with Crippen LogP contribution in [0, 0.1) is 0 Å². The monoisotopic (exact) mass is 312 g/mol. The summed E-state index contributed by atoms with van der Waals surface area (Å²) in [6.45, 7) is 14.3. The highest BCUT2D eigenvalue weighted by atomic mass is 15.6. The van der Waals surface area contributed by atoms with Crippen LogP contribution >= 0.6 is 0 Å². The van der Waals surface area contributed by atoms with Crippen LogP contribution in [-0.2, 0) is 0 Å². The van der Waals surface area contributed by atoms with Crippen molar-refractivity contribution in [3.63, 3.8) is 0 Å². The molecule has 0 atom stereocenters. The van der Waals surface area contributed by atoms with Gasteiger partial charge in [0.05, 0.1) is 0 Å². The normalized spacial score (nSPS) is 11.7. The van der Waals surface area contributed by atoms with E-state index in [1.54, 1.807) is 0 Å². The maximum atomic E-state index is 2.69. The predicted octanol–water partition coefficient (Wildman–Crippen LogP) is 6.27. The molecule has 0 aromatic heterocycles. The summed E-state index contributed by atoms with van der Waals surface area (Å²) in [5.41, 5.74) is 0. The molecule has 0 bridgehead atoms. The highest BCUT2D eigenvalue weighted by Gasteiger charge is 2.13. The summed E-state index contributed by atoms with van der Waals surface area (Å²) in [6.07, 6.45) is 16.4. The zero-order valence-corrected chi connectivity index (χ0v) is 16.2. The summed E-state index contributed by atoms with van der Waals surface area (Å²) in [5, 5.41) is 5.36. The van der Waals surface area contributed by atoms with Gasteiger partial charge in [-0.2, -0.15) is 0 Å². The molecular weight excluding hydrogens is 268 g/mol. The van der Waals surface area contributed by atoms with Gasteiger partial charge in [0.1, 0.15) is 0 Å². The van der Waals surface area contributed by atoms with Crippen molar-refractivity contribution in [2.24, 2.45) is 0 Å². The van der Waals surface area contributed by atoms with Crippen LogP contribution in [0.15, 0.2) is 0 Å². The van der Waals surface area contributed by atoms with E-state index >= 15 is 0 Å². The van der Waals surface area contributed by atoms with Crippen molar-refractivity contribution in [2.75, 3.05) is 26.2 Å². The Morgan fingerprint density at radius 3 is 1.09 bits per heavy atom. The van der Waals surface area contributed by atoms with Gasteiger partial charge in [-0.05, 0) is 25.7 Å². The second-order valence-corrected chi connectivity index (χ2v) is 6.74. The summed E-state index contributed by atoms with van der Waals surface area (Å²) in [6, 6.07) is 0. The first-order chi connectivity index (χ1) is 10.8. The molecule has 0 saturated carbocycles. The third-order valence-electron chi connectivity index (χ3n) is 4.48. The lowest BCUT2D eigenvalue weighted by molar-refractivity contribution is -0.0299. The first-order valence-electron chi connectivity index (χ1n) is 10.3. The fourth-order valence-corrected chi connectivity index (χ4v) is 2.89. The van der Waals surface area contributed by atoms with Gasteiger partial charge >= 0.3 is 0 Å². The minimum Gasteiger partial charge on any atom is -0.242 e. The molecule has 2 heteroatoms. The number of hydrogen-bond acceptors (Lipinski definition) is 2. The fourth-order valence-electron chi connectivity index (χ4n) is 2.89. The number of nitrogens with zero attached hydrogens (tertiary/aromatic N) is 2. The van der Waals surface area contributed by atoms with Crippen LogP contribution in [0.5, 0.6) is 0 Å². The standard InChI is InChI=1S/C20H44N2/c1-5-9-13-14-15-16-20-22(19-12-8-4)21(17-10-6-2)18-11-7-3/h5-20H2,1-4H3. The molecule has 0 aliphatic rings. The molecule has 134 valence electrons. The van der Waals surface area contributed by atoms with Gasteiger partial charge in [-0.1, -0.05) is 79.1 Å². The first-order valence-corrected chi connectivity index (χ1v) is 10.3. The molecule has 0 saturated heterocycles. The lowest BCUT2D eigenvalue weighted by atomic mass is 10.1. The Bertz CT molecular complexity index is 198. The van der Waals surface area contributed by atoms with Gasteiger partial charge in [0.25, 0.3) is 0 Å². The average Bonchev–Trinajstić information content (AvgIpc) is 2.54. The molecule has 0 aliphatic carbocycles. The molecule has 0 amide bonds. The molecule has 0 radical (unpaired) electrons. The van der Waals surface area contributed by atoms with E-state index in [9.17, 15) is 0 Å². The van der Waals surface area contributed by atoms with E-state index in [0.29, 0.717) is 0 Å². The quantitative estimate of drug-likeness (QED) is 0.231. The second kappa shape index (κ2) is 17.3. The summed E-state index contributed by atoms with van der Waals surface area (Å²) in [7, 11) is 0. The van der Waals surface area contributed by atoms with E-state index in [2.05, 4.69) is 37.7 Å². The van der Waals surface area contributed by atoms with Crippen LogP contribution in [-0.4, -0.2) is 36.2 Å². The summed E-state index contributed by atoms with van der Waals surface area (Å²) >= 11 is 0. The van der Waals surface area contributed by atoms with Gasteiger partial charge in [0, 0.05) is 26.2 Å². The van der Waals surface area contributed by atoms with Gasteiger partial charge < -0.3 is 0 Å².